The third-order valence-corrected chi connectivity index (χ3v) is 3.04. The summed E-state index contributed by atoms with van der Waals surface area (Å²) >= 11 is 0. The summed E-state index contributed by atoms with van der Waals surface area (Å²) in [4.78, 5) is 0. The van der Waals surface area contributed by atoms with Crippen molar-refractivity contribution < 1.29 is 15.3 Å². The summed E-state index contributed by atoms with van der Waals surface area (Å²) in [5.41, 5.74) is 6.68. The molecule has 0 amide bonds. The van der Waals surface area contributed by atoms with Crippen LogP contribution in [-0.4, -0.2) is 40.7 Å². The minimum Gasteiger partial charge on any atom is -0.394 e. The van der Waals surface area contributed by atoms with Crippen molar-refractivity contribution in [2.24, 2.45) is 5.73 Å². The van der Waals surface area contributed by atoms with Crippen LogP contribution in [0.15, 0.2) is 60.7 Å². The SMILES string of the molecule is NC(CO)(CO)CO.c1ccc(Cc2ccccc2)cc1. The molecule has 0 heterocycles. The lowest BCUT2D eigenvalue weighted by Crippen LogP contribution is -2.50. The van der Waals surface area contributed by atoms with Crippen LogP contribution in [0.3, 0.4) is 0 Å². The number of aliphatic hydroxyl groups excluding tert-OH is 3. The van der Waals surface area contributed by atoms with Gasteiger partial charge in [-0.3, -0.25) is 0 Å². The van der Waals surface area contributed by atoms with Gasteiger partial charge in [0.15, 0.2) is 0 Å². The molecule has 114 valence electrons. The highest BCUT2D eigenvalue weighted by molar-refractivity contribution is 5.25. The molecule has 0 aliphatic rings. The first-order valence-corrected chi connectivity index (χ1v) is 6.83. The van der Waals surface area contributed by atoms with E-state index < -0.39 is 25.4 Å². The molecule has 2 aromatic rings. The standard InChI is InChI=1S/C13H12.C4H11NO3/c1-3-7-12(8-4-1)11-13-9-5-2-6-10-13;5-4(1-6,2-7)3-8/h1-10H,11H2;6-8H,1-3,5H2. The number of benzene rings is 2. The fraction of sp³-hybridized carbons (Fsp3) is 0.294. The maximum absolute atomic E-state index is 8.34. The van der Waals surface area contributed by atoms with Crippen LogP contribution >= 0.6 is 0 Å². The van der Waals surface area contributed by atoms with E-state index in [1.807, 2.05) is 0 Å². The molecule has 2 aromatic carbocycles. The van der Waals surface area contributed by atoms with E-state index in [1.54, 1.807) is 0 Å². The van der Waals surface area contributed by atoms with Gasteiger partial charge in [-0.05, 0) is 17.5 Å². The van der Waals surface area contributed by atoms with E-state index in [0.29, 0.717) is 0 Å². The second-order valence-electron chi connectivity index (χ2n) is 4.98. The average molecular weight is 289 g/mol. The predicted molar refractivity (Wildman–Crippen MR) is 83.9 cm³/mol. The first kappa shape index (κ1) is 17.3. The van der Waals surface area contributed by atoms with E-state index in [-0.39, 0.29) is 0 Å². The van der Waals surface area contributed by atoms with E-state index in [2.05, 4.69) is 60.7 Å². The van der Waals surface area contributed by atoms with Crippen LogP contribution in [0.25, 0.3) is 0 Å². The molecule has 0 saturated heterocycles. The summed E-state index contributed by atoms with van der Waals surface area (Å²) < 4.78 is 0. The van der Waals surface area contributed by atoms with Crippen molar-refractivity contribution >= 4 is 0 Å². The van der Waals surface area contributed by atoms with E-state index in [4.69, 9.17) is 21.1 Å². The zero-order valence-electron chi connectivity index (χ0n) is 12.0. The molecule has 0 aromatic heterocycles. The van der Waals surface area contributed by atoms with Crippen LogP contribution < -0.4 is 5.73 Å². The lowest BCUT2D eigenvalue weighted by molar-refractivity contribution is 0.0698. The van der Waals surface area contributed by atoms with Crippen LogP contribution in [0.5, 0.6) is 0 Å². The minimum absolute atomic E-state index is 0.403. The molecule has 0 atom stereocenters. The molecule has 4 heteroatoms. The van der Waals surface area contributed by atoms with Gasteiger partial charge < -0.3 is 21.1 Å². The number of nitrogens with two attached hydrogens (primary N) is 1. The van der Waals surface area contributed by atoms with Gasteiger partial charge in [0.05, 0.1) is 25.4 Å². The summed E-state index contributed by atoms with van der Waals surface area (Å²) in [5.74, 6) is 0. The second kappa shape index (κ2) is 9.26. The fourth-order valence-corrected chi connectivity index (χ4v) is 1.58. The zero-order valence-corrected chi connectivity index (χ0v) is 12.0. The molecule has 2 rings (SSSR count). The van der Waals surface area contributed by atoms with Crippen LogP contribution in [0.4, 0.5) is 0 Å². The van der Waals surface area contributed by atoms with E-state index in [1.165, 1.54) is 11.1 Å². The maximum Gasteiger partial charge on any atom is 0.0856 e. The Morgan fingerprint density at radius 2 is 1.00 bits per heavy atom. The van der Waals surface area contributed by atoms with Gasteiger partial charge >= 0.3 is 0 Å². The van der Waals surface area contributed by atoms with E-state index in [0.717, 1.165) is 6.42 Å². The molecule has 5 N–H and O–H groups in total. The minimum atomic E-state index is -1.21. The van der Waals surface area contributed by atoms with Gasteiger partial charge in [-0.1, -0.05) is 60.7 Å². The number of hydrogen-bond acceptors (Lipinski definition) is 4. The predicted octanol–water partition coefficient (Wildman–Crippen LogP) is 0.938. The first-order valence-electron chi connectivity index (χ1n) is 6.83. The summed E-state index contributed by atoms with van der Waals surface area (Å²) in [5, 5.41) is 25.0. The Bertz CT molecular complexity index is 438. The molecular weight excluding hydrogens is 266 g/mol. The molecule has 21 heavy (non-hydrogen) atoms. The normalized spacial score (nSPS) is 10.7. The van der Waals surface area contributed by atoms with E-state index in [9.17, 15) is 0 Å². The number of aliphatic hydroxyl groups is 3. The van der Waals surface area contributed by atoms with Gasteiger partial charge in [0, 0.05) is 0 Å². The highest BCUT2D eigenvalue weighted by Gasteiger charge is 2.20. The van der Waals surface area contributed by atoms with Crippen molar-refractivity contribution in [3.8, 4) is 0 Å². The Morgan fingerprint density at radius 1 is 0.667 bits per heavy atom. The van der Waals surface area contributed by atoms with Crippen molar-refractivity contribution in [1.29, 1.82) is 0 Å². The molecule has 0 aliphatic carbocycles. The van der Waals surface area contributed by atoms with Gasteiger partial charge in [0.2, 0.25) is 0 Å². The van der Waals surface area contributed by atoms with E-state index >= 15 is 0 Å². The fourth-order valence-electron chi connectivity index (χ4n) is 1.58. The molecule has 0 spiro atoms. The smallest absolute Gasteiger partial charge is 0.0856 e. The van der Waals surface area contributed by atoms with Crippen molar-refractivity contribution in [2.75, 3.05) is 19.8 Å². The Kier molecular flexibility index (Phi) is 7.64. The number of rotatable bonds is 5. The summed E-state index contributed by atoms with van der Waals surface area (Å²) in [7, 11) is 0. The van der Waals surface area contributed by atoms with Gasteiger partial charge in [-0.2, -0.15) is 0 Å². The molecule has 0 unspecified atom stereocenters. The van der Waals surface area contributed by atoms with Gasteiger partial charge in [-0.25, -0.2) is 0 Å². The highest BCUT2D eigenvalue weighted by atomic mass is 16.3. The third kappa shape index (κ3) is 6.51. The van der Waals surface area contributed by atoms with Crippen LogP contribution in [0.2, 0.25) is 0 Å². The molecular formula is C17H23NO3. The summed E-state index contributed by atoms with van der Waals surface area (Å²) in [6, 6.07) is 21.1. The van der Waals surface area contributed by atoms with Gasteiger partial charge in [0.25, 0.3) is 0 Å². The van der Waals surface area contributed by atoms with Gasteiger partial charge in [0.1, 0.15) is 0 Å². The van der Waals surface area contributed by atoms with Crippen LogP contribution in [0.1, 0.15) is 11.1 Å². The third-order valence-electron chi connectivity index (χ3n) is 3.04. The monoisotopic (exact) mass is 289 g/mol. The topological polar surface area (TPSA) is 86.7 Å². The van der Waals surface area contributed by atoms with Crippen molar-refractivity contribution in [3.05, 3.63) is 71.8 Å². The highest BCUT2D eigenvalue weighted by Crippen LogP contribution is 2.07. The quantitative estimate of drug-likeness (QED) is 0.660. The average Bonchev–Trinajstić information content (AvgIpc) is 2.57. The zero-order chi connectivity index (χ0) is 15.6. The Hall–Kier alpha value is -1.72. The Balaban J connectivity index is 0.000000240. The summed E-state index contributed by atoms with van der Waals surface area (Å²) in [6.45, 7) is -1.21. The van der Waals surface area contributed by atoms with Crippen LogP contribution in [-0.2, 0) is 6.42 Å². The van der Waals surface area contributed by atoms with Crippen molar-refractivity contribution in [3.63, 3.8) is 0 Å². The maximum atomic E-state index is 8.34. The lowest BCUT2D eigenvalue weighted by Gasteiger charge is -2.20. The van der Waals surface area contributed by atoms with Gasteiger partial charge in [-0.15, -0.1) is 0 Å². The molecule has 0 aliphatic heterocycles. The molecule has 0 fully saturated rings. The molecule has 4 nitrogen and oxygen atoms in total. The van der Waals surface area contributed by atoms with Crippen LogP contribution in [0, 0.1) is 0 Å². The largest absolute Gasteiger partial charge is 0.394 e. The summed E-state index contributed by atoms with van der Waals surface area (Å²) in [6.07, 6.45) is 1.03. The molecule has 0 saturated carbocycles. The first-order chi connectivity index (χ1) is 10.1. The molecule has 0 bridgehead atoms. The Labute approximate surface area is 125 Å². The lowest BCUT2D eigenvalue weighted by atomic mass is 10.1. The number of hydrogen-bond donors (Lipinski definition) is 4. The second-order valence-corrected chi connectivity index (χ2v) is 4.98. The molecule has 0 radical (unpaired) electrons. The Morgan fingerprint density at radius 3 is 1.24 bits per heavy atom. The van der Waals surface area contributed by atoms with Crippen molar-refractivity contribution in [1.82, 2.24) is 0 Å². The van der Waals surface area contributed by atoms with Crippen molar-refractivity contribution in [2.45, 2.75) is 12.0 Å².